The number of benzene rings is 3. The second-order valence-corrected chi connectivity index (χ2v) is 11.9. The topological polar surface area (TPSA) is 125 Å². The van der Waals surface area contributed by atoms with Crippen LogP contribution in [0.1, 0.15) is 31.4 Å². The highest BCUT2D eigenvalue weighted by atomic mass is 32.2. The number of rotatable bonds is 8. The van der Waals surface area contributed by atoms with Crippen LogP contribution in [0.3, 0.4) is 0 Å². The molecule has 0 aromatic heterocycles. The van der Waals surface area contributed by atoms with Gasteiger partial charge in [-0.15, -0.1) is 0 Å². The summed E-state index contributed by atoms with van der Waals surface area (Å²) in [5.41, 5.74) is 3.23. The molecule has 0 saturated heterocycles. The van der Waals surface area contributed by atoms with Crippen LogP contribution in [-0.4, -0.2) is 36.6 Å². The van der Waals surface area contributed by atoms with Crippen LogP contribution in [0, 0.1) is 6.92 Å². The van der Waals surface area contributed by atoms with Crippen LogP contribution >= 0.6 is 11.8 Å². The van der Waals surface area contributed by atoms with Crippen molar-refractivity contribution in [1.29, 1.82) is 0 Å². The normalized spacial score (nSPS) is 15.1. The Hall–Kier alpha value is -4.22. The van der Waals surface area contributed by atoms with Crippen LogP contribution in [0.25, 0.3) is 6.08 Å². The number of aryl methyl sites for hydroxylation is 1. The Morgan fingerprint density at radius 2 is 1.65 bits per heavy atom. The van der Waals surface area contributed by atoms with Crippen molar-refractivity contribution >= 4 is 62.1 Å². The number of amides is 3. The van der Waals surface area contributed by atoms with E-state index in [9.17, 15) is 22.8 Å². The minimum atomic E-state index is -3.98. The summed E-state index contributed by atoms with van der Waals surface area (Å²) in [6, 6.07) is 22.3. The Morgan fingerprint density at radius 3 is 2.25 bits per heavy atom. The van der Waals surface area contributed by atoms with Crippen molar-refractivity contribution in [2.24, 2.45) is 4.99 Å². The Labute approximate surface area is 237 Å². The van der Waals surface area contributed by atoms with Crippen LogP contribution in [0.15, 0.2) is 94.4 Å². The number of para-hydroxylation sites is 1. The molecule has 0 spiro atoms. The second-order valence-electron chi connectivity index (χ2n) is 9.00. The summed E-state index contributed by atoms with van der Waals surface area (Å²) < 4.78 is 26.3. The standard InChI is InChI=1S/C29H28N4O5S2/c1-4-26(27(35)30-22-14-16-24(17-15-22)40(37,38)32-20(3)34)39-29-31-25(18-21-12-10-19(2)11-13-21)28(36)33(29)23-8-6-5-7-9-23/h5-18,26H,4H2,1-3H3,(H,30,35)(H,32,34)/b25-18+. The fourth-order valence-corrected chi connectivity index (χ4v) is 5.86. The van der Waals surface area contributed by atoms with Crippen molar-refractivity contribution in [2.75, 3.05) is 10.2 Å². The highest BCUT2D eigenvalue weighted by Gasteiger charge is 2.34. The van der Waals surface area contributed by atoms with E-state index in [-0.39, 0.29) is 22.4 Å². The Morgan fingerprint density at radius 1 is 1.00 bits per heavy atom. The molecule has 9 nitrogen and oxygen atoms in total. The van der Waals surface area contributed by atoms with Crippen LogP contribution in [0.5, 0.6) is 0 Å². The van der Waals surface area contributed by atoms with E-state index in [2.05, 4.69) is 10.3 Å². The number of hydrogen-bond acceptors (Lipinski definition) is 7. The van der Waals surface area contributed by atoms with Crippen molar-refractivity contribution in [1.82, 2.24) is 4.72 Å². The Bertz CT molecular complexity index is 1580. The predicted octanol–water partition coefficient (Wildman–Crippen LogP) is 4.71. The summed E-state index contributed by atoms with van der Waals surface area (Å²) in [5.74, 6) is -1.32. The molecule has 0 radical (unpaired) electrons. The first-order valence-corrected chi connectivity index (χ1v) is 14.8. The molecule has 1 unspecified atom stereocenters. The molecule has 3 aromatic carbocycles. The number of nitrogens with zero attached hydrogens (tertiary/aromatic N) is 2. The number of anilines is 2. The van der Waals surface area contributed by atoms with Crippen LogP contribution in [-0.2, 0) is 24.4 Å². The Kier molecular flexibility index (Phi) is 8.86. The first-order valence-electron chi connectivity index (χ1n) is 12.4. The molecule has 3 amide bonds. The number of nitrogens with one attached hydrogen (secondary N) is 2. The number of aliphatic imine (C=N–C) groups is 1. The summed E-state index contributed by atoms with van der Waals surface area (Å²) >= 11 is 1.18. The summed E-state index contributed by atoms with van der Waals surface area (Å²) in [7, 11) is -3.98. The molecule has 2 N–H and O–H groups in total. The highest BCUT2D eigenvalue weighted by Crippen LogP contribution is 2.32. The molecule has 11 heteroatoms. The van der Waals surface area contributed by atoms with E-state index in [4.69, 9.17) is 0 Å². The van der Waals surface area contributed by atoms with Gasteiger partial charge >= 0.3 is 0 Å². The predicted molar refractivity (Wildman–Crippen MR) is 158 cm³/mol. The quantitative estimate of drug-likeness (QED) is 0.374. The zero-order chi connectivity index (χ0) is 28.9. The van der Waals surface area contributed by atoms with Crippen molar-refractivity contribution < 1.29 is 22.8 Å². The number of hydrogen-bond donors (Lipinski definition) is 2. The van der Waals surface area contributed by atoms with Crippen molar-refractivity contribution in [3.05, 3.63) is 95.7 Å². The van der Waals surface area contributed by atoms with Gasteiger partial charge in [-0.2, -0.15) is 0 Å². The van der Waals surface area contributed by atoms with E-state index in [0.717, 1.165) is 18.1 Å². The van der Waals surface area contributed by atoms with E-state index < -0.39 is 21.2 Å². The summed E-state index contributed by atoms with van der Waals surface area (Å²) in [5, 5.41) is 2.58. The SMILES string of the molecule is CCC(SC1=N/C(=C/c2ccc(C)cc2)C(=O)N1c1ccccc1)C(=O)Nc1ccc(S(=O)(=O)NC(C)=O)cc1. The van der Waals surface area contributed by atoms with Gasteiger partial charge in [0.05, 0.1) is 15.8 Å². The maximum atomic E-state index is 13.5. The molecule has 1 aliphatic rings. The first kappa shape index (κ1) is 28.8. The lowest BCUT2D eigenvalue weighted by Crippen LogP contribution is -2.34. The summed E-state index contributed by atoms with van der Waals surface area (Å²) in [4.78, 5) is 43.8. The molecule has 4 rings (SSSR count). The first-order chi connectivity index (χ1) is 19.1. The smallest absolute Gasteiger partial charge is 0.283 e. The second kappa shape index (κ2) is 12.3. The van der Waals surface area contributed by atoms with E-state index in [0.29, 0.717) is 23.0 Å². The molecular weight excluding hydrogens is 548 g/mol. The van der Waals surface area contributed by atoms with E-state index in [1.807, 2.05) is 61.0 Å². The summed E-state index contributed by atoms with van der Waals surface area (Å²) in [6.07, 6.45) is 2.17. The third-order valence-electron chi connectivity index (χ3n) is 5.85. The number of sulfonamides is 1. The number of amidine groups is 1. The van der Waals surface area contributed by atoms with Crippen LogP contribution in [0.2, 0.25) is 0 Å². The molecule has 1 aliphatic heterocycles. The van der Waals surface area contributed by atoms with Gasteiger partial charge in [-0.1, -0.05) is 66.7 Å². The maximum Gasteiger partial charge on any atom is 0.283 e. The minimum Gasteiger partial charge on any atom is -0.325 e. The molecular formula is C29H28N4O5S2. The fourth-order valence-electron chi connectivity index (χ4n) is 3.84. The van der Waals surface area contributed by atoms with E-state index in [1.54, 1.807) is 18.2 Å². The summed E-state index contributed by atoms with van der Waals surface area (Å²) in [6.45, 7) is 4.95. The molecule has 0 bridgehead atoms. The molecule has 0 saturated carbocycles. The van der Waals surface area contributed by atoms with Crippen LogP contribution < -0.4 is 14.9 Å². The maximum absolute atomic E-state index is 13.5. The largest absolute Gasteiger partial charge is 0.325 e. The molecule has 1 atom stereocenters. The zero-order valence-electron chi connectivity index (χ0n) is 22.1. The van der Waals surface area contributed by atoms with Crippen molar-refractivity contribution in [3.63, 3.8) is 0 Å². The van der Waals surface area contributed by atoms with Gasteiger partial charge in [-0.05, 0) is 61.4 Å². The van der Waals surface area contributed by atoms with Gasteiger partial charge in [0, 0.05) is 12.6 Å². The van der Waals surface area contributed by atoms with Gasteiger partial charge < -0.3 is 5.32 Å². The van der Waals surface area contributed by atoms with Crippen molar-refractivity contribution in [2.45, 2.75) is 37.3 Å². The zero-order valence-corrected chi connectivity index (χ0v) is 23.8. The molecule has 206 valence electrons. The van der Waals surface area contributed by atoms with E-state index in [1.165, 1.54) is 40.9 Å². The lowest BCUT2D eigenvalue weighted by molar-refractivity contribution is -0.117. The lowest BCUT2D eigenvalue weighted by atomic mass is 10.1. The van der Waals surface area contributed by atoms with Gasteiger partial charge in [0.2, 0.25) is 11.8 Å². The number of carbonyl (C=O) groups is 3. The van der Waals surface area contributed by atoms with Gasteiger partial charge in [0.25, 0.3) is 15.9 Å². The number of carbonyl (C=O) groups excluding carboxylic acids is 3. The minimum absolute atomic E-state index is 0.104. The Balaban J connectivity index is 1.56. The van der Waals surface area contributed by atoms with Gasteiger partial charge in [0.1, 0.15) is 5.70 Å². The average molecular weight is 577 g/mol. The monoisotopic (exact) mass is 576 g/mol. The molecule has 0 aliphatic carbocycles. The van der Waals surface area contributed by atoms with Gasteiger partial charge in [-0.25, -0.2) is 18.1 Å². The van der Waals surface area contributed by atoms with Crippen molar-refractivity contribution in [3.8, 4) is 0 Å². The molecule has 3 aromatic rings. The van der Waals surface area contributed by atoms with Gasteiger partial charge in [-0.3, -0.25) is 19.3 Å². The molecule has 40 heavy (non-hydrogen) atoms. The van der Waals surface area contributed by atoms with Crippen LogP contribution in [0.4, 0.5) is 11.4 Å². The van der Waals surface area contributed by atoms with Gasteiger partial charge in [0.15, 0.2) is 5.17 Å². The fraction of sp³-hybridized carbons (Fsp3) is 0.172. The highest BCUT2D eigenvalue weighted by molar-refractivity contribution is 8.15. The third kappa shape index (κ3) is 6.85. The lowest BCUT2D eigenvalue weighted by Gasteiger charge is -2.21. The molecule has 1 heterocycles. The average Bonchev–Trinajstić information content (AvgIpc) is 3.22. The van der Waals surface area contributed by atoms with E-state index >= 15 is 0 Å². The molecule has 0 fully saturated rings. The third-order valence-corrected chi connectivity index (χ3v) is 8.61. The number of thioether (sulfide) groups is 1.